The molecule has 0 unspecified atom stereocenters. The minimum Gasteiger partial charge on any atom is -0.497 e. The molecule has 0 amide bonds. The Kier molecular flexibility index (Phi) is 5.58. The molecule has 0 aliphatic rings. The van der Waals surface area contributed by atoms with Gasteiger partial charge in [0, 0.05) is 6.54 Å². The van der Waals surface area contributed by atoms with E-state index in [4.69, 9.17) is 10.5 Å². The van der Waals surface area contributed by atoms with E-state index in [9.17, 15) is 8.42 Å². The largest absolute Gasteiger partial charge is 0.497 e. The molecule has 6 heteroatoms. The molecule has 0 radical (unpaired) electrons. The third kappa shape index (κ3) is 3.69. The van der Waals surface area contributed by atoms with Crippen molar-refractivity contribution < 1.29 is 13.2 Å². The van der Waals surface area contributed by atoms with Gasteiger partial charge in [0.2, 0.25) is 10.0 Å². The number of nitrogens with two attached hydrogens (primary N) is 1. The summed E-state index contributed by atoms with van der Waals surface area (Å²) in [6.45, 7) is 2.73. The Morgan fingerprint density at radius 2 is 2.11 bits per heavy atom. The fraction of sp³-hybridized carbons (Fsp3) is 0.500. The highest BCUT2D eigenvalue weighted by Crippen LogP contribution is 2.22. The van der Waals surface area contributed by atoms with E-state index in [1.165, 1.54) is 0 Å². The molecule has 102 valence electrons. The molecule has 0 fully saturated rings. The first-order valence-electron chi connectivity index (χ1n) is 5.91. The van der Waals surface area contributed by atoms with Crippen LogP contribution in [0.2, 0.25) is 0 Å². The highest BCUT2D eigenvalue weighted by atomic mass is 32.2. The van der Waals surface area contributed by atoms with Gasteiger partial charge in [-0.05, 0) is 43.1 Å². The lowest BCUT2D eigenvalue weighted by Crippen LogP contribution is -2.25. The molecule has 0 heterocycles. The third-order valence-electron chi connectivity index (χ3n) is 2.51. The zero-order valence-electron chi connectivity index (χ0n) is 10.8. The van der Waals surface area contributed by atoms with Gasteiger partial charge in [0.1, 0.15) is 5.75 Å². The molecule has 0 aliphatic heterocycles. The van der Waals surface area contributed by atoms with Gasteiger partial charge in [-0.3, -0.25) is 0 Å². The molecule has 0 saturated carbocycles. The maximum absolute atomic E-state index is 12.1. The number of nitrogens with one attached hydrogen (secondary N) is 1. The lowest BCUT2D eigenvalue weighted by molar-refractivity contribution is 0.413. The Balaban J connectivity index is 3.14. The summed E-state index contributed by atoms with van der Waals surface area (Å²) in [5.74, 6) is 0.632. The monoisotopic (exact) mass is 272 g/mol. The summed E-state index contributed by atoms with van der Waals surface area (Å²) in [5.41, 5.74) is 6.19. The zero-order chi connectivity index (χ0) is 13.6. The Bertz CT molecular complexity index is 486. The zero-order valence-corrected chi connectivity index (χ0v) is 11.6. The van der Waals surface area contributed by atoms with E-state index in [1.54, 1.807) is 25.3 Å². The van der Waals surface area contributed by atoms with Crippen LogP contribution in [-0.2, 0) is 16.4 Å². The van der Waals surface area contributed by atoms with Crippen molar-refractivity contribution in [3.05, 3.63) is 23.8 Å². The topological polar surface area (TPSA) is 81.4 Å². The van der Waals surface area contributed by atoms with Crippen molar-refractivity contribution >= 4 is 10.0 Å². The lowest BCUT2D eigenvalue weighted by Gasteiger charge is -2.12. The van der Waals surface area contributed by atoms with Crippen LogP contribution >= 0.6 is 0 Å². The number of methoxy groups -OCH3 is 1. The molecule has 18 heavy (non-hydrogen) atoms. The molecule has 1 aromatic rings. The van der Waals surface area contributed by atoms with E-state index < -0.39 is 10.0 Å². The van der Waals surface area contributed by atoms with Gasteiger partial charge in [-0.15, -0.1) is 0 Å². The Hall–Kier alpha value is -1.11. The van der Waals surface area contributed by atoms with Crippen LogP contribution in [0.25, 0.3) is 0 Å². The van der Waals surface area contributed by atoms with E-state index in [0.29, 0.717) is 30.8 Å². The standard InChI is InChI=1S/C12H20N2O3S/c1-3-8-14-18(15,16)12-5-4-11(17-2)9-10(12)6-7-13/h4-5,9,14H,3,6-8,13H2,1-2H3. The summed E-state index contributed by atoms with van der Waals surface area (Å²) in [5, 5.41) is 0. The first-order chi connectivity index (χ1) is 8.55. The van der Waals surface area contributed by atoms with Crippen LogP contribution in [0, 0.1) is 0 Å². The van der Waals surface area contributed by atoms with Crippen LogP contribution in [0.4, 0.5) is 0 Å². The number of rotatable bonds is 7. The predicted molar refractivity (Wildman–Crippen MR) is 71.2 cm³/mol. The second-order valence-electron chi connectivity index (χ2n) is 3.91. The molecular weight excluding hydrogens is 252 g/mol. The number of benzene rings is 1. The van der Waals surface area contributed by atoms with Crippen LogP contribution in [0.1, 0.15) is 18.9 Å². The minimum absolute atomic E-state index is 0.280. The van der Waals surface area contributed by atoms with Crippen molar-refractivity contribution in [2.24, 2.45) is 5.73 Å². The minimum atomic E-state index is -3.46. The van der Waals surface area contributed by atoms with Gasteiger partial charge in [0.05, 0.1) is 12.0 Å². The first-order valence-corrected chi connectivity index (χ1v) is 7.40. The van der Waals surface area contributed by atoms with Crippen LogP contribution < -0.4 is 15.2 Å². The predicted octanol–water partition coefficient (Wildman–Crippen LogP) is 0.885. The lowest BCUT2D eigenvalue weighted by atomic mass is 10.1. The van der Waals surface area contributed by atoms with Crippen LogP contribution in [0.5, 0.6) is 5.75 Å². The summed E-state index contributed by atoms with van der Waals surface area (Å²) < 4.78 is 31.8. The van der Waals surface area contributed by atoms with Crippen LogP contribution in [-0.4, -0.2) is 28.6 Å². The molecule has 0 bridgehead atoms. The summed E-state index contributed by atoms with van der Waals surface area (Å²) >= 11 is 0. The van der Waals surface area contributed by atoms with Crippen molar-refractivity contribution in [2.45, 2.75) is 24.7 Å². The number of hydrogen-bond donors (Lipinski definition) is 2. The van der Waals surface area contributed by atoms with Crippen molar-refractivity contribution in [3.8, 4) is 5.75 Å². The summed E-state index contributed by atoms with van der Waals surface area (Å²) in [7, 11) is -1.91. The molecule has 3 N–H and O–H groups in total. The van der Waals surface area contributed by atoms with Gasteiger partial charge in [-0.1, -0.05) is 6.92 Å². The van der Waals surface area contributed by atoms with Gasteiger partial charge >= 0.3 is 0 Å². The van der Waals surface area contributed by atoms with Gasteiger partial charge in [0.25, 0.3) is 0 Å². The van der Waals surface area contributed by atoms with E-state index >= 15 is 0 Å². The molecule has 0 atom stereocenters. The molecule has 0 saturated heterocycles. The maximum atomic E-state index is 12.1. The highest BCUT2D eigenvalue weighted by Gasteiger charge is 2.17. The average molecular weight is 272 g/mol. The van der Waals surface area contributed by atoms with Gasteiger partial charge in [0.15, 0.2) is 0 Å². The normalized spacial score (nSPS) is 11.5. The van der Waals surface area contributed by atoms with E-state index in [-0.39, 0.29) is 4.90 Å². The fourth-order valence-corrected chi connectivity index (χ4v) is 2.99. The Labute approximate surface area is 108 Å². The summed E-state index contributed by atoms with van der Waals surface area (Å²) in [6.07, 6.45) is 1.25. The number of hydrogen-bond acceptors (Lipinski definition) is 4. The van der Waals surface area contributed by atoms with Gasteiger partial charge in [-0.25, -0.2) is 13.1 Å². The van der Waals surface area contributed by atoms with Crippen molar-refractivity contribution in [1.29, 1.82) is 0 Å². The highest BCUT2D eigenvalue weighted by molar-refractivity contribution is 7.89. The SMILES string of the molecule is CCCNS(=O)(=O)c1ccc(OC)cc1CCN. The second kappa shape index (κ2) is 6.72. The molecule has 0 spiro atoms. The summed E-state index contributed by atoms with van der Waals surface area (Å²) in [6, 6.07) is 4.91. The van der Waals surface area contributed by atoms with Crippen LogP contribution in [0.15, 0.2) is 23.1 Å². The molecule has 0 aliphatic carbocycles. The van der Waals surface area contributed by atoms with Gasteiger partial charge in [-0.2, -0.15) is 0 Å². The fourth-order valence-electron chi connectivity index (χ4n) is 1.61. The van der Waals surface area contributed by atoms with E-state index in [2.05, 4.69) is 4.72 Å². The van der Waals surface area contributed by atoms with Crippen molar-refractivity contribution in [3.63, 3.8) is 0 Å². The van der Waals surface area contributed by atoms with E-state index in [1.807, 2.05) is 6.92 Å². The number of ether oxygens (including phenoxy) is 1. The molecule has 1 aromatic carbocycles. The smallest absolute Gasteiger partial charge is 0.240 e. The molecular formula is C12H20N2O3S. The molecule has 5 nitrogen and oxygen atoms in total. The van der Waals surface area contributed by atoms with E-state index in [0.717, 1.165) is 6.42 Å². The first kappa shape index (κ1) is 14.9. The Morgan fingerprint density at radius 3 is 2.67 bits per heavy atom. The average Bonchev–Trinajstić information content (AvgIpc) is 2.36. The third-order valence-corrected chi connectivity index (χ3v) is 4.07. The number of sulfonamides is 1. The second-order valence-corrected chi connectivity index (χ2v) is 5.65. The molecule has 0 aromatic heterocycles. The Morgan fingerprint density at radius 1 is 1.39 bits per heavy atom. The summed E-state index contributed by atoms with van der Waals surface area (Å²) in [4.78, 5) is 0.280. The quantitative estimate of drug-likeness (QED) is 0.772. The maximum Gasteiger partial charge on any atom is 0.240 e. The van der Waals surface area contributed by atoms with Crippen LogP contribution in [0.3, 0.4) is 0 Å². The molecule has 1 rings (SSSR count). The van der Waals surface area contributed by atoms with Gasteiger partial charge < -0.3 is 10.5 Å². The van der Waals surface area contributed by atoms with Crippen molar-refractivity contribution in [1.82, 2.24) is 4.72 Å². The van der Waals surface area contributed by atoms with Crippen molar-refractivity contribution in [2.75, 3.05) is 20.2 Å².